The van der Waals surface area contributed by atoms with E-state index < -0.39 is 4.92 Å². The normalized spacial score (nSPS) is 14.5. The quantitative estimate of drug-likeness (QED) is 0.243. The minimum atomic E-state index is -0.458. The Hall–Kier alpha value is -4.11. The summed E-state index contributed by atoms with van der Waals surface area (Å²) in [5.74, 6) is 0.537. The summed E-state index contributed by atoms with van der Waals surface area (Å²) in [5, 5.41) is 10.6. The first-order valence-corrected chi connectivity index (χ1v) is 11.1. The van der Waals surface area contributed by atoms with Gasteiger partial charge in [0.1, 0.15) is 6.61 Å². The molecule has 9 heteroatoms. The number of hydrogen-bond donors (Lipinski definition) is 0. The van der Waals surface area contributed by atoms with Gasteiger partial charge in [0.25, 0.3) is 16.8 Å². The maximum atomic E-state index is 12.8. The molecule has 0 radical (unpaired) electrons. The molecule has 0 N–H and O–H groups in total. The minimum Gasteiger partial charge on any atom is -0.493 e. The molecule has 1 heterocycles. The Morgan fingerprint density at radius 3 is 2.47 bits per heavy atom. The van der Waals surface area contributed by atoms with Gasteiger partial charge in [0.05, 0.1) is 23.5 Å². The van der Waals surface area contributed by atoms with Crippen LogP contribution in [0.4, 0.5) is 10.5 Å². The number of benzene rings is 3. The van der Waals surface area contributed by atoms with Crippen molar-refractivity contribution in [2.45, 2.75) is 13.2 Å². The number of nitrogens with zero attached hydrogens (tertiary/aromatic N) is 2. The third-order valence-corrected chi connectivity index (χ3v) is 5.97. The van der Waals surface area contributed by atoms with Gasteiger partial charge in [0.2, 0.25) is 0 Å². The average molecular weight is 477 g/mol. The fourth-order valence-corrected chi connectivity index (χ4v) is 4.21. The highest BCUT2D eigenvalue weighted by Gasteiger charge is 2.35. The van der Waals surface area contributed by atoms with Gasteiger partial charge in [0, 0.05) is 12.1 Å². The zero-order chi connectivity index (χ0) is 24.1. The van der Waals surface area contributed by atoms with Crippen LogP contribution in [0.15, 0.2) is 77.7 Å². The molecule has 2 amide bonds. The summed E-state index contributed by atoms with van der Waals surface area (Å²) in [7, 11) is 1.49. The Kier molecular flexibility index (Phi) is 6.93. The molecular formula is C25H20N2O6S. The molecule has 0 spiro atoms. The highest BCUT2D eigenvalue weighted by atomic mass is 32.2. The number of imide groups is 1. The van der Waals surface area contributed by atoms with E-state index in [1.165, 1.54) is 24.1 Å². The maximum absolute atomic E-state index is 12.8. The van der Waals surface area contributed by atoms with Crippen molar-refractivity contribution in [3.63, 3.8) is 0 Å². The lowest BCUT2D eigenvalue weighted by atomic mass is 10.1. The van der Waals surface area contributed by atoms with Gasteiger partial charge in [-0.2, -0.15) is 0 Å². The van der Waals surface area contributed by atoms with Crippen LogP contribution in [0.5, 0.6) is 11.5 Å². The summed E-state index contributed by atoms with van der Waals surface area (Å²) >= 11 is 0.896. The SMILES string of the molecule is COc1cc(/C=C2\SC(=O)N(Cc3ccccc3)C2=O)ccc1OCc1cccc([N+](=O)[O-])c1. The predicted octanol–water partition coefficient (Wildman–Crippen LogP) is 5.42. The van der Waals surface area contributed by atoms with Crippen molar-refractivity contribution in [1.82, 2.24) is 4.90 Å². The number of hydrogen-bond acceptors (Lipinski definition) is 7. The molecular weight excluding hydrogens is 456 g/mol. The van der Waals surface area contributed by atoms with Crippen molar-refractivity contribution in [3.05, 3.63) is 105 Å². The van der Waals surface area contributed by atoms with Crippen LogP contribution in [0.2, 0.25) is 0 Å². The number of methoxy groups -OCH3 is 1. The zero-order valence-electron chi connectivity index (χ0n) is 18.2. The van der Waals surface area contributed by atoms with E-state index in [-0.39, 0.29) is 30.0 Å². The smallest absolute Gasteiger partial charge is 0.293 e. The Balaban J connectivity index is 1.48. The standard InChI is InChI=1S/C25H20N2O6S/c1-32-22-13-18(10-11-21(22)33-16-19-8-5-9-20(12-19)27(30)31)14-23-24(28)26(25(29)34-23)15-17-6-3-2-4-7-17/h2-14H,15-16H2,1H3/b23-14-. The number of carbonyl (C=O) groups is 2. The second-order valence-electron chi connectivity index (χ2n) is 7.38. The van der Waals surface area contributed by atoms with Crippen LogP contribution in [-0.4, -0.2) is 28.1 Å². The van der Waals surface area contributed by atoms with Crippen molar-refractivity contribution in [2.24, 2.45) is 0 Å². The Morgan fingerprint density at radius 2 is 1.74 bits per heavy atom. The lowest BCUT2D eigenvalue weighted by molar-refractivity contribution is -0.384. The zero-order valence-corrected chi connectivity index (χ0v) is 19.0. The number of carbonyl (C=O) groups excluding carboxylic acids is 2. The first-order chi connectivity index (χ1) is 16.4. The molecule has 172 valence electrons. The molecule has 4 rings (SSSR count). The number of nitro groups is 1. The van der Waals surface area contributed by atoms with E-state index in [0.717, 1.165) is 17.3 Å². The highest BCUT2D eigenvalue weighted by molar-refractivity contribution is 8.18. The number of ether oxygens (including phenoxy) is 2. The molecule has 0 bridgehead atoms. The Morgan fingerprint density at radius 1 is 0.971 bits per heavy atom. The summed E-state index contributed by atoms with van der Waals surface area (Å²) in [6.45, 7) is 0.340. The Bertz CT molecular complexity index is 1280. The van der Waals surface area contributed by atoms with Crippen LogP contribution in [0.25, 0.3) is 6.08 Å². The van der Waals surface area contributed by atoms with Crippen molar-refractivity contribution in [3.8, 4) is 11.5 Å². The van der Waals surface area contributed by atoms with Crippen LogP contribution in [0.1, 0.15) is 16.7 Å². The number of non-ortho nitro benzene ring substituents is 1. The first kappa shape index (κ1) is 23.1. The van der Waals surface area contributed by atoms with Gasteiger partial charge in [-0.15, -0.1) is 0 Å². The Labute approximate surface area is 199 Å². The van der Waals surface area contributed by atoms with E-state index in [2.05, 4.69) is 0 Å². The van der Waals surface area contributed by atoms with Gasteiger partial charge < -0.3 is 9.47 Å². The molecule has 3 aromatic carbocycles. The molecule has 1 aliphatic heterocycles. The largest absolute Gasteiger partial charge is 0.493 e. The lowest BCUT2D eigenvalue weighted by Crippen LogP contribution is -2.27. The van der Waals surface area contributed by atoms with Gasteiger partial charge in [-0.1, -0.05) is 48.5 Å². The molecule has 0 unspecified atom stereocenters. The molecule has 0 aliphatic carbocycles. The monoisotopic (exact) mass is 476 g/mol. The molecule has 1 fully saturated rings. The van der Waals surface area contributed by atoms with Crippen molar-refractivity contribution in [1.29, 1.82) is 0 Å². The maximum Gasteiger partial charge on any atom is 0.293 e. The molecule has 1 aliphatic rings. The third kappa shape index (κ3) is 5.26. The van der Waals surface area contributed by atoms with Crippen molar-refractivity contribution >= 4 is 34.7 Å². The topological polar surface area (TPSA) is 99.0 Å². The average Bonchev–Trinajstić information content (AvgIpc) is 3.11. The number of thioether (sulfide) groups is 1. The number of nitro benzene ring substituents is 1. The van der Waals surface area contributed by atoms with Crippen LogP contribution in [0, 0.1) is 10.1 Å². The summed E-state index contributed by atoms with van der Waals surface area (Å²) in [6, 6.07) is 20.7. The number of rotatable bonds is 8. The second-order valence-corrected chi connectivity index (χ2v) is 8.37. The van der Waals surface area contributed by atoms with E-state index in [1.807, 2.05) is 30.3 Å². The predicted molar refractivity (Wildman–Crippen MR) is 128 cm³/mol. The lowest BCUT2D eigenvalue weighted by Gasteiger charge is -2.12. The molecule has 3 aromatic rings. The third-order valence-electron chi connectivity index (χ3n) is 5.06. The molecule has 8 nitrogen and oxygen atoms in total. The van der Waals surface area contributed by atoms with Crippen LogP contribution in [-0.2, 0) is 17.9 Å². The molecule has 0 aromatic heterocycles. The molecule has 0 saturated carbocycles. The molecule has 1 saturated heterocycles. The molecule has 34 heavy (non-hydrogen) atoms. The fraction of sp³-hybridized carbons (Fsp3) is 0.120. The van der Waals surface area contributed by atoms with Gasteiger partial charge >= 0.3 is 0 Å². The molecule has 0 atom stereocenters. The summed E-state index contributed by atoms with van der Waals surface area (Å²) in [5.41, 5.74) is 2.18. The van der Waals surface area contributed by atoms with Crippen LogP contribution < -0.4 is 9.47 Å². The van der Waals surface area contributed by atoms with E-state index in [0.29, 0.717) is 27.5 Å². The summed E-state index contributed by atoms with van der Waals surface area (Å²) in [4.78, 5) is 37.2. The fourth-order valence-electron chi connectivity index (χ4n) is 3.37. The summed E-state index contributed by atoms with van der Waals surface area (Å²) in [6.07, 6.45) is 1.64. The van der Waals surface area contributed by atoms with Gasteiger partial charge in [-0.25, -0.2) is 0 Å². The first-order valence-electron chi connectivity index (χ1n) is 10.3. The van der Waals surface area contributed by atoms with Crippen molar-refractivity contribution < 1.29 is 24.0 Å². The summed E-state index contributed by atoms with van der Waals surface area (Å²) < 4.78 is 11.2. The van der Waals surface area contributed by atoms with Crippen molar-refractivity contribution in [2.75, 3.05) is 7.11 Å². The number of amides is 2. The van der Waals surface area contributed by atoms with E-state index in [1.54, 1.807) is 36.4 Å². The second kappa shape index (κ2) is 10.2. The van der Waals surface area contributed by atoms with Gasteiger partial charge in [-0.05, 0) is 46.7 Å². The van der Waals surface area contributed by atoms with Gasteiger partial charge in [-0.3, -0.25) is 24.6 Å². The van der Waals surface area contributed by atoms with Crippen LogP contribution in [0.3, 0.4) is 0 Å². The highest BCUT2D eigenvalue weighted by Crippen LogP contribution is 2.35. The van der Waals surface area contributed by atoms with Gasteiger partial charge in [0.15, 0.2) is 11.5 Å². The minimum absolute atomic E-state index is 0.00961. The van der Waals surface area contributed by atoms with E-state index in [9.17, 15) is 19.7 Å². The van der Waals surface area contributed by atoms with E-state index in [4.69, 9.17) is 9.47 Å². The van der Waals surface area contributed by atoms with E-state index >= 15 is 0 Å². The van der Waals surface area contributed by atoms with Crippen LogP contribution >= 0.6 is 11.8 Å².